The Balaban J connectivity index is 2.55. The SMILES string of the molecule is CSCCC(NC=O)C(=O)Oc1ccccc1. The molecular formula is C12H15NO3S. The first-order valence-corrected chi connectivity index (χ1v) is 6.62. The van der Waals surface area contributed by atoms with Gasteiger partial charge in [-0.25, -0.2) is 4.79 Å². The third kappa shape index (κ3) is 4.91. The summed E-state index contributed by atoms with van der Waals surface area (Å²) in [6.07, 6.45) is 3.03. The monoisotopic (exact) mass is 253 g/mol. The highest BCUT2D eigenvalue weighted by Crippen LogP contribution is 2.10. The number of benzene rings is 1. The largest absolute Gasteiger partial charge is 0.425 e. The van der Waals surface area contributed by atoms with E-state index in [-0.39, 0.29) is 0 Å². The molecule has 0 spiro atoms. The second-order valence-electron chi connectivity index (χ2n) is 3.35. The fourth-order valence-electron chi connectivity index (χ4n) is 1.26. The van der Waals surface area contributed by atoms with Crippen LogP contribution in [0.2, 0.25) is 0 Å². The van der Waals surface area contributed by atoms with E-state index in [9.17, 15) is 9.59 Å². The van der Waals surface area contributed by atoms with Crippen LogP contribution in [0, 0.1) is 0 Å². The summed E-state index contributed by atoms with van der Waals surface area (Å²) in [7, 11) is 0. The van der Waals surface area contributed by atoms with Gasteiger partial charge in [-0.2, -0.15) is 11.8 Å². The van der Waals surface area contributed by atoms with E-state index in [2.05, 4.69) is 5.32 Å². The van der Waals surface area contributed by atoms with Gasteiger partial charge < -0.3 is 10.1 Å². The molecule has 0 saturated heterocycles. The predicted molar refractivity (Wildman–Crippen MR) is 68.1 cm³/mol. The first-order valence-electron chi connectivity index (χ1n) is 5.23. The van der Waals surface area contributed by atoms with Crippen LogP contribution in [0.3, 0.4) is 0 Å². The molecule has 1 rings (SSSR count). The molecule has 1 amide bonds. The minimum absolute atomic E-state index is 0.433. The number of hydrogen-bond donors (Lipinski definition) is 1. The number of rotatable bonds is 7. The molecule has 1 N–H and O–H groups in total. The first-order chi connectivity index (χ1) is 8.27. The van der Waals surface area contributed by atoms with Gasteiger partial charge in [0.25, 0.3) is 0 Å². The summed E-state index contributed by atoms with van der Waals surface area (Å²) in [6, 6.07) is 8.22. The highest BCUT2D eigenvalue weighted by Gasteiger charge is 2.19. The normalized spacial score (nSPS) is 11.6. The molecular weight excluding hydrogens is 238 g/mol. The maximum Gasteiger partial charge on any atom is 0.334 e. The van der Waals surface area contributed by atoms with Gasteiger partial charge in [0.1, 0.15) is 11.8 Å². The van der Waals surface area contributed by atoms with E-state index < -0.39 is 12.0 Å². The summed E-state index contributed by atoms with van der Waals surface area (Å²) in [5.41, 5.74) is 0. The standard InChI is InChI=1S/C12H15NO3S/c1-17-8-7-11(13-9-14)12(15)16-10-5-3-2-4-6-10/h2-6,9,11H,7-8H2,1H3,(H,13,14). The van der Waals surface area contributed by atoms with Crippen molar-refractivity contribution in [1.82, 2.24) is 5.32 Å². The molecule has 0 aromatic heterocycles. The summed E-state index contributed by atoms with van der Waals surface area (Å²) in [6.45, 7) is 0. The smallest absolute Gasteiger partial charge is 0.334 e. The zero-order chi connectivity index (χ0) is 12.5. The third-order valence-electron chi connectivity index (χ3n) is 2.13. The summed E-state index contributed by atoms with van der Waals surface area (Å²) < 4.78 is 5.16. The topological polar surface area (TPSA) is 55.4 Å². The minimum Gasteiger partial charge on any atom is -0.425 e. The van der Waals surface area contributed by atoms with E-state index in [1.165, 1.54) is 0 Å². The Labute approximate surface area is 105 Å². The lowest BCUT2D eigenvalue weighted by atomic mass is 10.2. The Morgan fingerprint density at radius 3 is 2.76 bits per heavy atom. The van der Waals surface area contributed by atoms with Crippen molar-refractivity contribution in [1.29, 1.82) is 0 Å². The molecule has 0 heterocycles. The molecule has 92 valence electrons. The number of carbonyl (C=O) groups excluding carboxylic acids is 2. The molecule has 0 aliphatic rings. The molecule has 0 aliphatic heterocycles. The average Bonchev–Trinajstić information content (AvgIpc) is 2.35. The molecule has 1 atom stereocenters. The maximum atomic E-state index is 11.8. The summed E-state index contributed by atoms with van der Waals surface area (Å²) in [5.74, 6) is 0.840. The minimum atomic E-state index is -0.583. The highest BCUT2D eigenvalue weighted by molar-refractivity contribution is 7.98. The van der Waals surface area contributed by atoms with Gasteiger partial charge in [-0.3, -0.25) is 4.79 Å². The van der Waals surface area contributed by atoms with Gasteiger partial charge >= 0.3 is 5.97 Å². The van der Waals surface area contributed by atoms with Gasteiger partial charge in [0, 0.05) is 0 Å². The van der Waals surface area contributed by atoms with Crippen LogP contribution in [0.25, 0.3) is 0 Å². The van der Waals surface area contributed by atoms with E-state index in [4.69, 9.17) is 4.74 Å². The summed E-state index contributed by atoms with van der Waals surface area (Å²) in [5, 5.41) is 2.47. The van der Waals surface area contributed by atoms with Gasteiger partial charge in [-0.15, -0.1) is 0 Å². The highest BCUT2D eigenvalue weighted by atomic mass is 32.2. The molecule has 0 saturated carbocycles. The van der Waals surface area contributed by atoms with Gasteiger partial charge in [0.05, 0.1) is 0 Å². The van der Waals surface area contributed by atoms with Crippen molar-refractivity contribution in [3.63, 3.8) is 0 Å². The lowest BCUT2D eigenvalue weighted by Crippen LogP contribution is -2.39. The fraction of sp³-hybridized carbons (Fsp3) is 0.333. The first kappa shape index (κ1) is 13.6. The molecule has 5 heteroatoms. The van der Waals surface area contributed by atoms with Crippen LogP contribution in [0.4, 0.5) is 0 Å². The van der Waals surface area contributed by atoms with Crippen molar-refractivity contribution in [3.05, 3.63) is 30.3 Å². The van der Waals surface area contributed by atoms with Gasteiger partial charge in [0.2, 0.25) is 6.41 Å². The Morgan fingerprint density at radius 1 is 1.47 bits per heavy atom. The zero-order valence-corrected chi connectivity index (χ0v) is 10.4. The zero-order valence-electron chi connectivity index (χ0n) is 9.59. The van der Waals surface area contributed by atoms with Crippen molar-refractivity contribution in [2.75, 3.05) is 12.0 Å². The van der Waals surface area contributed by atoms with Crippen molar-refractivity contribution in [2.45, 2.75) is 12.5 Å². The molecule has 0 radical (unpaired) electrons. The van der Waals surface area contributed by atoms with Gasteiger partial charge in [-0.1, -0.05) is 18.2 Å². The lowest BCUT2D eigenvalue weighted by Gasteiger charge is -2.14. The second kappa shape index (κ2) is 7.73. The number of esters is 1. The Kier molecular flexibility index (Phi) is 6.17. The molecule has 1 aromatic carbocycles. The van der Waals surface area contributed by atoms with E-state index in [0.29, 0.717) is 18.6 Å². The van der Waals surface area contributed by atoms with E-state index in [0.717, 1.165) is 5.75 Å². The van der Waals surface area contributed by atoms with Crippen LogP contribution in [0.1, 0.15) is 6.42 Å². The quantitative estimate of drug-likeness (QED) is 0.454. The number of hydrogen-bond acceptors (Lipinski definition) is 4. The number of amides is 1. The molecule has 0 fully saturated rings. The van der Waals surface area contributed by atoms with E-state index in [1.807, 2.05) is 12.3 Å². The molecule has 0 bridgehead atoms. The fourth-order valence-corrected chi connectivity index (χ4v) is 1.73. The maximum absolute atomic E-state index is 11.8. The Bertz CT molecular complexity index is 356. The number of nitrogens with one attached hydrogen (secondary N) is 1. The number of ether oxygens (including phenoxy) is 1. The number of para-hydroxylation sites is 1. The van der Waals surface area contributed by atoms with Gasteiger partial charge in [0.15, 0.2) is 0 Å². The van der Waals surface area contributed by atoms with Crippen molar-refractivity contribution in [2.24, 2.45) is 0 Å². The van der Waals surface area contributed by atoms with Crippen LogP contribution < -0.4 is 10.1 Å². The van der Waals surface area contributed by atoms with Crippen LogP contribution in [-0.4, -0.2) is 30.4 Å². The van der Waals surface area contributed by atoms with Crippen molar-refractivity contribution in [3.8, 4) is 5.75 Å². The van der Waals surface area contributed by atoms with Crippen LogP contribution >= 0.6 is 11.8 Å². The molecule has 4 nitrogen and oxygen atoms in total. The summed E-state index contributed by atoms with van der Waals surface area (Å²) in [4.78, 5) is 22.2. The van der Waals surface area contributed by atoms with Crippen LogP contribution in [-0.2, 0) is 9.59 Å². The van der Waals surface area contributed by atoms with Crippen LogP contribution in [0.15, 0.2) is 30.3 Å². The average molecular weight is 253 g/mol. The van der Waals surface area contributed by atoms with Gasteiger partial charge in [-0.05, 0) is 30.6 Å². The van der Waals surface area contributed by atoms with E-state index in [1.54, 1.807) is 36.0 Å². The number of thioether (sulfide) groups is 1. The Morgan fingerprint density at radius 2 is 2.18 bits per heavy atom. The predicted octanol–water partition coefficient (Wildman–Crippen LogP) is 1.46. The molecule has 0 aliphatic carbocycles. The number of carbonyl (C=O) groups is 2. The molecule has 1 unspecified atom stereocenters. The molecule has 17 heavy (non-hydrogen) atoms. The lowest BCUT2D eigenvalue weighted by molar-refractivity contribution is -0.138. The van der Waals surface area contributed by atoms with E-state index >= 15 is 0 Å². The molecule has 1 aromatic rings. The van der Waals surface area contributed by atoms with Crippen LogP contribution in [0.5, 0.6) is 5.75 Å². The second-order valence-corrected chi connectivity index (χ2v) is 4.34. The van der Waals surface area contributed by atoms with Crippen molar-refractivity contribution < 1.29 is 14.3 Å². The Hall–Kier alpha value is -1.49. The van der Waals surface area contributed by atoms with Crippen molar-refractivity contribution >= 4 is 24.1 Å². The third-order valence-corrected chi connectivity index (χ3v) is 2.77. The summed E-state index contributed by atoms with van der Waals surface area (Å²) >= 11 is 1.62.